The Kier molecular flexibility index (Phi) is 5.97. The molecule has 3 N–H and O–H groups in total. The van der Waals surface area contributed by atoms with Crippen molar-refractivity contribution in [3.8, 4) is 0 Å². The molecule has 1 fully saturated rings. The Morgan fingerprint density at radius 1 is 1.15 bits per heavy atom. The van der Waals surface area contributed by atoms with E-state index < -0.39 is 18.4 Å². The maximum Gasteiger partial charge on any atom is 0.409 e. The standard InChI is InChI=1S/C24H27F3N6O/c1-31-22(24(25,26)27)19(14-30-31)16-4-5-20-18(13-16)21(6-8-28-20)33-11-9-32(10-12-33)15-17-3-2-7-29-23(17)34/h2-8,13-14,22-23,29-30,34H,9-12,15H2,1H3. The summed E-state index contributed by atoms with van der Waals surface area (Å²) in [6.07, 6.45) is 3.66. The molecule has 2 aromatic rings. The van der Waals surface area contributed by atoms with Crippen molar-refractivity contribution in [1.82, 2.24) is 25.6 Å². The lowest BCUT2D eigenvalue weighted by Gasteiger charge is -2.37. The lowest BCUT2D eigenvalue weighted by Crippen LogP contribution is -2.48. The fraction of sp³-hybridized carbons (Fsp3) is 0.375. The van der Waals surface area contributed by atoms with Crippen LogP contribution in [0.3, 0.4) is 0 Å². The number of nitrogens with one attached hydrogen (secondary N) is 2. The van der Waals surface area contributed by atoms with Gasteiger partial charge in [0.15, 0.2) is 6.04 Å². The molecule has 5 rings (SSSR count). The van der Waals surface area contributed by atoms with Crippen LogP contribution in [0.15, 0.2) is 60.6 Å². The normalized spacial score (nSPS) is 24.1. The summed E-state index contributed by atoms with van der Waals surface area (Å²) in [5, 5.41) is 14.9. The van der Waals surface area contributed by atoms with E-state index in [0.717, 1.165) is 53.4 Å². The van der Waals surface area contributed by atoms with E-state index in [1.165, 1.54) is 13.2 Å². The Labute approximate surface area is 195 Å². The third kappa shape index (κ3) is 4.36. The minimum atomic E-state index is -4.39. The van der Waals surface area contributed by atoms with Crippen LogP contribution in [0.2, 0.25) is 0 Å². The highest BCUT2D eigenvalue weighted by Gasteiger charge is 2.47. The van der Waals surface area contributed by atoms with Crippen LogP contribution in [0.5, 0.6) is 0 Å². The number of hydrogen-bond acceptors (Lipinski definition) is 7. The van der Waals surface area contributed by atoms with Gasteiger partial charge in [0, 0.05) is 68.8 Å². The van der Waals surface area contributed by atoms with E-state index in [0.29, 0.717) is 12.1 Å². The summed E-state index contributed by atoms with van der Waals surface area (Å²) in [5.74, 6) is 0. The predicted molar refractivity (Wildman–Crippen MR) is 125 cm³/mol. The molecule has 0 radical (unpaired) electrons. The molecule has 3 aliphatic rings. The summed E-state index contributed by atoms with van der Waals surface area (Å²) in [7, 11) is 1.39. The summed E-state index contributed by atoms with van der Waals surface area (Å²) < 4.78 is 41.1. The zero-order chi connectivity index (χ0) is 23.9. The number of piperazine rings is 1. The molecule has 7 nitrogen and oxygen atoms in total. The molecule has 1 saturated heterocycles. The van der Waals surface area contributed by atoms with Crippen molar-refractivity contribution < 1.29 is 18.3 Å². The Hall–Kier alpha value is -3.08. The van der Waals surface area contributed by atoms with Crippen LogP contribution in [0.1, 0.15) is 5.56 Å². The number of dihydropyridines is 1. The number of nitrogens with zero attached hydrogens (tertiary/aromatic N) is 4. The third-order valence-corrected chi connectivity index (χ3v) is 6.60. The third-order valence-electron chi connectivity index (χ3n) is 6.60. The van der Waals surface area contributed by atoms with E-state index in [1.54, 1.807) is 24.5 Å². The second kappa shape index (κ2) is 8.94. The summed E-state index contributed by atoms with van der Waals surface area (Å²) in [6.45, 7) is 3.85. The number of likely N-dealkylation sites (N-methyl/N-ethyl adjacent to an activating group) is 1. The molecule has 10 heteroatoms. The number of hydrogen-bond donors (Lipinski definition) is 3. The van der Waals surface area contributed by atoms with Crippen molar-refractivity contribution >= 4 is 22.2 Å². The number of aliphatic hydroxyl groups excluding tert-OH is 1. The second-order valence-electron chi connectivity index (χ2n) is 8.78. The van der Waals surface area contributed by atoms with Gasteiger partial charge in [-0.15, -0.1) is 0 Å². The summed E-state index contributed by atoms with van der Waals surface area (Å²) in [5.41, 5.74) is 6.05. The maximum atomic E-state index is 13.7. The van der Waals surface area contributed by atoms with Crippen molar-refractivity contribution in [2.45, 2.75) is 18.4 Å². The van der Waals surface area contributed by atoms with Crippen LogP contribution in [-0.2, 0) is 0 Å². The molecule has 0 aliphatic carbocycles. The molecule has 0 bridgehead atoms. The highest BCUT2D eigenvalue weighted by Crippen LogP contribution is 2.38. The van der Waals surface area contributed by atoms with Crippen LogP contribution >= 0.6 is 0 Å². The Morgan fingerprint density at radius 3 is 2.68 bits per heavy atom. The largest absolute Gasteiger partial charge is 0.409 e. The Balaban J connectivity index is 1.37. The number of benzene rings is 1. The zero-order valence-corrected chi connectivity index (χ0v) is 18.8. The molecule has 3 aliphatic heterocycles. The predicted octanol–water partition coefficient (Wildman–Crippen LogP) is 2.44. The maximum absolute atomic E-state index is 13.7. The lowest BCUT2D eigenvalue weighted by atomic mass is 9.97. The van der Waals surface area contributed by atoms with Crippen LogP contribution in [0.4, 0.5) is 18.9 Å². The van der Waals surface area contributed by atoms with Crippen molar-refractivity contribution in [3.05, 3.63) is 66.2 Å². The molecule has 2 unspecified atom stereocenters. The molecule has 0 spiro atoms. The molecule has 0 saturated carbocycles. The summed E-state index contributed by atoms with van der Waals surface area (Å²) >= 11 is 0. The molecule has 180 valence electrons. The van der Waals surface area contributed by atoms with Crippen LogP contribution in [0.25, 0.3) is 16.5 Å². The van der Waals surface area contributed by atoms with Gasteiger partial charge in [0.1, 0.15) is 6.23 Å². The highest BCUT2D eigenvalue weighted by molar-refractivity contribution is 5.94. The first-order valence-electron chi connectivity index (χ1n) is 11.2. The van der Waals surface area contributed by atoms with E-state index in [2.05, 4.69) is 25.5 Å². The van der Waals surface area contributed by atoms with Gasteiger partial charge >= 0.3 is 6.18 Å². The van der Waals surface area contributed by atoms with Gasteiger partial charge in [-0.1, -0.05) is 12.1 Å². The summed E-state index contributed by atoms with van der Waals surface area (Å²) in [6, 6.07) is 5.53. The number of halogens is 3. The van der Waals surface area contributed by atoms with E-state index in [-0.39, 0.29) is 5.57 Å². The molecular weight excluding hydrogens is 445 g/mol. The minimum absolute atomic E-state index is 0.193. The average Bonchev–Trinajstić information content (AvgIpc) is 3.22. The first kappa shape index (κ1) is 22.7. The fourth-order valence-electron chi connectivity index (χ4n) is 4.82. The molecule has 1 aromatic heterocycles. The highest BCUT2D eigenvalue weighted by atomic mass is 19.4. The molecule has 34 heavy (non-hydrogen) atoms. The lowest BCUT2D eigenvalue weighted by molar-refractivity contribution is -0.165. The molecule has 4 heterocycles. The van der Waals surface area contributed by atoms with Gasteiger partial charge in [-0.25, -0.2) is 5.01 Å². The Morgan fingerprint density at radius 2 is 1.94 bits per heavy atom. The number of aromatic nitrogens is 1. The van der Waals surface area contributed by atoms with E-state index >= 15 is 0 Å². The number of fused-ring (bicyclic) bond motifs is 1. The van der Waals surface area contributed by atoms with Gasteiger partial charge in [0.25, 0.3) is 0 Å². The SMILES string of the molecule is CN1NC=C(c2ccc3nccc(N4CCN(CC5=CC=CNC5O)CC4)c3c2)C1C(F)(F)F. The molecular formula is C24H27F3N6O. The first-order valence-corrected chi connectivity index (χ1v) is 11.2. The number of pyridine rings is 1. The van der Waals surface area contributed by atoms with Crippen LogP contribution < -0.4 is 15.6 Å². The number of rotatable bonds is 4. The van der Waals surface area contributed by atoms with Gasteiger partial charge in [0.05, 0.1) is 5.52 Å². The van der Waals surface area contributed by atoms with Gasteiger partial charge in [-0.05, 0) is 41.6 Å². The fourth-order valence-corrected chi connectivity index (χ4v) is 4.82. The quantitative estimate of drug-likeness (QED) is 0.632. The van der Waals surface area contributed by atoms with E-state index in [4.69, 9.17) is 0 Å². The number of aliphatic hydroxyl groups is 1. The van der Waals surface area contributed by atoms with Gasteiger partial charge in [-0.2, -0.15) is 13.2 Å². The number of allylic oxidation sites excluding steroid dienone is 2. The van der Waals surface area contributed by atoms with Crippen molar-refractivity contribution in [3.63, 3.8) is 0 Å². The number of anilines is 1. The number of alkyl halides is 3. The van der Waals surface area contributed by atoms with Gasteiger partial charge in [0.2, 0.25) is 0 Å². The Bertz CT molecular complexity index is 1150. The monoisotopic (exact) mass is 472 g/mol. The van der Waals surface area contributed by atoms with Crippen molar-refractivity contribution in [1.29, 1.82) is 0 Å². The van der Waals surface area contributed by atoms with E-state index in [1.807, 2.05) is 24.3 Å². The van der Waals surface area contributed by atoms with Gasteiger partial charge in [-0.3, -0.25) is 9.88 Å². The minimum Gasteiger partial charge on any atom is -0.370 e. The van der Waals surface area contributed by atoms with Gasteiger partial charge < -0.3 is 20.7 Å². The zero-order valence-electron chi connectivity index (χ0n) is 18.8. The second-order valence-corrected chi connectivity index (χ2v) is 8.78. The first-order chi connectivity index (χ1) is 16.3. The molecule has 2 atom stereocenters. The number of hydrazine groups is 1. The molecule has 1 aromatic carbocycles. The van der Waals surface area contributed by atoms with Crippen molar-refractivity contribution in [2.24, 2.45) is 0 Å². The topological polar surface area (TPSA) is 66.9 Å². The van der Waals surface area contributed by atoms with Crippen LogP contribution in [-0.4, -0.2) is 78.2 Å². The molecule has 0 amide bonds. The summed E-state index contributed by atoms with van der Waals surface area (Å²) in [4.78, 5) is 8.98. The average molecular weight is 473 g/mol. The smallest absolute Gasteiger partial charge is 0.370 e. The van der Waals surface area contributed by atoms with E-state index in [9.17, 15) is 18.3 Å². The van der Waals surface area contributed by atoms with Crippen molar-refractivity contribution in [2.75, 3.05) is 44.7 Å². The van der Waals surface area contributed by atoms with Crippen LogP contribution in [0, 0.1) is 0 Å².